The van der Waals surface area contributed by atoms with Crippen molar-refractivity contribution in [3.05, 3.63) is 18.2 Å². The van der Waals surface area contributed by atoms with Crippen LogP contribution in [0.25, 0.3) is 0 Å². The molecule has 1 saturated heterocycles. The van der Waals surface area contributed by atoms with E-state index >= 15 is 0 Å². The van der Waals surface area contributed by atoms with E-state index in [2.05, 4.69) is 34.9 Å². The molecule has 0 aromatic carbocycles. The van der Waals surface area contributed by atoms with Crippen molar-refractivity contribution >= 4 is 0 Å². The first-order valence-electron chi connectivity index (χ1n) is 8.20. The molecule has 1 aromatic rings. The molecule has 20 heavy (non-hydrogen) atoms. The minimum absolute atomic E-state index is 0.349. The Labute approximate surface area is 122 Å². The minimum atomic E-state index is 0.349. The van der Waals surface area contributed by atoms with E-state index < -0.39 is 0 Å². The molecule has 0 bridgehead atoms. The summed E-state index contributed by atoms with van der Waals surface area (Å²) in [5.74, 6) is 1.19. The molecule has 0 saturated carbocycles. The van der Waals surface area contributed by atoms with E-state index in [9.17, 15) is 0 Å². The number of ether oxygens (including phenoxy) is 1. The zero-order valence-corrected chi connectivity index (χ0v) is 13.0. The third-order valence-electron chi connectivity index (χ3n) is 3.99. The van der Waals surface area contributed by atoms with Crippen molar-refractivity contribution in [1.29, 1.82) is 0 Å². The molecule has 1 N–H and O–H groups in total. The molecule has 0 amide bonds. The second-order valence-corrected chi connectivity index (χ2v) is 5.71. The molecular weight excluding hydrogens is 250 g/mol. The Kier molecular flexibility index (Phi) is 6.54. The van der Waals surface area contributed by atoms with E-state index in [4.69, 9.17) is 4.74 Å². The standard InChI is InChI=1S/C16H29N3O/c1-3-8-17-14(15-7-5-6-12-20-15)13-16-18-9-11-19(16)10-4-2/h9,11,14-15,17H,3-8,10,12-13H2,1-2H3. The third kappa shape index (κ3) is 4.32. The summed E-state index contributed by atoms with van der Waals surface area (Å²) in [5.41, 5.74) is 0. The fourth-order valence-corrected chi connectivity index (χ4v) is 2.92. The van der Waals surface area contributed by atoms with E-state index in [-0.39, 0.29) is 0 Å². The Morgan fingerprint density at radius 2 is 2.30 bits per heavy atom. The first-order valence-corrected chi connectivity index (χ1v) is 8.20. The lowest BCUT2D eigenvalue weighted by Gasteiger charge is -2.31. The number of hydrogen-bond acceptors (Lipinski definition) is 3. The van der Waals surface area contributed by atoms with Crippen LogP contribution in [0.15, 0.2) is 12.4 Å². The summed E-state index contributed by atoms with van der Waals surface area (Å²) < 4.78 is 8.27. The highest BCUT2D eigenvalue weighted by molar-refractivity contribution is 4.98. The normalized spacial score (nSPS) is 21.0. The third-order valence-corrected chi connectivity index (χ3v) is 3.99. The number of aryl methyl sites for hydroxylation is 1. The predicted molar refractivity (Wildman–Crippen MR) is 81.9 cm³/mol. The SMILES string of the molecule is CCCNC(Cc1nccn1CCC)C1CCCCO1. The molecule has 4 heteroatoms. The zero-order valence-electron chi connectivity index (χ0n) is 13.0. The van der Waals surface area contributed by atoms with Gasteiger partial charge in [0.05, 0.1) is 6.10 Å². The van der Waals surface area contributed by atoms with Crippen LogP contribution in [-0.2, 0) is 17.7 Å². The highest BCUT2D eigenvalue weighted by atomic mass is 16.5. The summed E-state index contributed by atoms with van der Waals surface area (Å²) in [5, 5.41) is 3.67. The quantitative estimate of drug-likeness (QED) is 0.795. The minimum Gasteiger partial charge on any atom is -0.377 e. The number of imidazole rings is 1. The maximum absolute atomic E-state index is 5.99. The lowest BCUT2D eigenvalue weighted by Crippen LogP contribution is -2.45. The van der Waals surface area contributed by atoms with Crippen LogP contribution in [0.5, 0.6) is 0 Å². The number of nitrogens with one attached hydrogen (secondary N) is 1. The highest BCUT2D eigenvalue weighted by Crippen LogP contribution is 2.18. The first-order chi connectivity index (χ1) is 9.85. The molecule has 114 valence electrons. The summed E-state index contributed by atoms with van der Waals surface area (Å²) in [6, 6.07) is 0.397. The van der Waals surface area contributed by atoms with Gasteiger partial charge in [-0.2, -0.15) is 0 Å². The predicted octanol–water partition coefficient (Wildman–Crippen LogP) is 2.77. The largest absolute Gasteiger partial charge is 0.377 e. The maximum Gasteiger partial charge on any atom is 0.110 e. The highest BCUT2D eigenvalue weighted by Gasteiger charge is 2.25. The van der Waals surface area contributed by atoms with Crippen molar-refractivity contribution in [2.75, 3.05) is 13.2 Å². The van der Waals surface area contributed by atoms with Crippen molar-refractivity contribution < 1.29 is 4.74 Å². The Morgan fingerprint density at radius 3 is 3.00 bits per heavy atom. The van der Waals surface area contributed by atoms with Gasteiger partial charge in [0.25, 0.3) is 0 Å². The van der Waals surface area contributed by atoms with Gasteiger partial charge in [-0.1, -0.05) is 13.8 Å². The van der Waals surface area contributed by atoms with Crippen LogP contribution in [0.4, 0.5) is 0 Å². The van der Waals surface area contributed by atoms with Crippen molar-refractivity contribution in [3.8, 4) is 0 Å². The number of rotatable bonds is 8. The van der Waals surface area contributed by atoms with Crippen molar-refractivity contribution in [2.45, 2.75) is 71.1 Å². The van der Waals surface area contributed by atoms with E-state index in [0.29, 0.717) is 12.1 Å². The Balaban J connectivity index is 1.99. The van der Waals surface area contributed by atoms with Gasteiger partial charge in [0.1, 0.15) is 5.82 Å². The lowest BCUT2D eigenvalue weighted by atomic mass is 9.99. The summed E-state index contributed by atoms with van der Waals surface area (Å²) >= 11 is 0. The van der Waals surface area contributed by atoms with Crippen LogP contribution in [0, 0.1) is 0 Å². The van der Waals surface area contributed by atoms with E-state index in [1.807, 2.05) is 6.20 Å². The van der Waals surface area contributed by atoms with Gasteiger partial charge in [0.2, 0.25) is 0 Å². The van der Waals surface area contributed by atoms with Gasteiger partial charge in [-0.3, -0.25) is 0 Å². The Hall–Kier alpha value is -0.870. The molecule has 1 aliphatic heterocycles. The van der Waals surface area contributed by atoms with Crippen LogP contribution in [0.2, 0.25) is 0 Å². The number of hydrogen-bond donors (Lipinski definition) is 1. The summed E-state index contributed by atoms with van der Waals surface area (Å²) in [6.45, 7) is 7.45. The number of aromatic nitrogens is 2. The van der Waals surface area contributed by atoms with Gasteiger partial charge in [-0.05, 0) is 38.6 Å². The molecule has 1 aliphatic rings. The molecule has 0 aliphatic carbocycles. The van der Waals surface area contributed by atoms with Crippen LogP contribution in [0.1, 0.15) is 51.8 Å². The second-order valence-electron chi connectivity index (χ2n) is 5.71. The smallest absolute Gasteiger partial charge is 0.110 e. The van der Waals surface area contributed by atoms with Gasteiger partial charge >= 0.3 is 0 Å². The molecule has 2 unspecified atom stereocenters. The van der Waals surface area contributed by atoms with E-state index in [1.54, 1.807) is 0 Å². The lowest BCUT2D eigenvalue weighted by molar-refractivity contribution is -0.00791. The first kappa shape index (κ1) is 15.5. The van der Waals surface area contributed by atoms with Crippen LogP contribution < -0.4 is 5.32 Å². The van der Waals surface area contributed by atoms with Crippen molar-refractivity contribution in [3.63, 3.8) is 0 Å². The molecule has 2 rings (SSSR count). The Bertz CT molecular complexity index is 372. The van der Waals surface area contributed by atoms with Crippen LogP contribution in [0.3, 0.4) is 0 Å². The molecule has 4 nitrogen and oxygen atoms in total. The fourth-order valence-electron chi connectivity index (χ4n) is 2.92. The topological polar surface area (TPSA) is 39.1 Å². The summed E-state index contributed by atoms with van der Waals surface area (Å²) in [4.78, 5) is 4.54. The van der Waals surface area contributed by atoms with Gasteiger partial charge in [-0.25, -0.2) is 4.98 Å². The van der Waals surface area contributed by atoms with Crippen molar-refractivity contribution in [2.24, 2.45) is 0 Å². The molecule has 0 radical (unpaired) electrons. The molecule has 0 spiro atoms. The van der Waals surface area contributed by atoms with E-state index in [0.717, 1.165) is 39.0 Å². The van der Waals surface area contributed by atoms with E-state index in [1.165, 1.54) is 25.1 Å². The van der Waals surface area contributed by atoms with Crippen molar-refractivity contribution in [1.82, 2.24) is 14.9 Å². The number of nitrogens with zero attached hydrogens (tertiary/aromatic N) is 2. The molecular formula is C16H29N3O. The fraction of sp³-hybridized carbons (Fsp3) is 0.812. The average molecular weight is 279 g/mol. The summed E-state index contributed by atoms with van der Waals surface area (Å²) in [6.07, 6.45) is 11.3. The summed E-state index contributed by atoms with van der Waals surface area (Å²) in [7, 11) is 0. The molecule has 1 aromatic heterocycles. The second kappa shape index (κ2) is 8.42. The zero-order chi connectivity index (χ0) is 14.2. The molecule has 2 atom stereocenters. The van der Waals surface area contributed by atoms with Gasteiger partial charge < -0.3 is 14.6 Å². The average Bonchev–Trinajstić information content (AvgIpc) is 2.92. The van der Waals surface area contributed by atoms with Crippen LogP contribution >= 0.6 is 0 Å². The maximum atomic E-state index is 5.99. The Morgan fingerprint density at radius 1 is 1.40 bits per heavy atom. The van der Waals surface area contributed by atoms with Gasteiger partial charge in [0.15, 0.2) is 0 Å². The van der Waals surface area contributed by atoms with Crippen LogP contribution in [-0.4, -0.2) is 34.8 Å². The molecule has 2 heterocycles. The van der Waals surface area contributed by atoms with Gasteiger partial charge in [0, 0.05) is 38.0 Å². The monoisotopic (exact) mass is 279 g/mol. The van der Waals surface area contributed by atoms with Gasteiger partial charge in [-0.15, -0.1) is 0 Å². The molecule has 1 fully saturated rings.